The van der Waals surface area contributed by atoms with Crippen LogP contribution in [-0.2, 0) is 5.41 Å². The molecule has 2 nitrogen and oxygen atoms in total. The van der Waals surface area contributed by atoms with Gasteiger partial charge in [0, 0.05) is 53.7 Å². The second-order valence-electron chi connectivity index (χ2n) is 23.7. The fourth-order valence-corrected chi connectivity index (χ4v) is 18.0. The van der Waals surface area contributed by atoms with Crippen molar-refractivity contribution in [3.63, 3.8) is 0 Å². The number of para-hydroxylation sites is 2. The van der Waals surface area contributed by atoms with Crippen molar-refractivity contribution >= 4 is 129 Å². The number of nitrogens with zero attached hydrogens (tertiary/aromatic N) is 2. The Hall–Kier alpha value is -10.9. The van der Waals surface area contributed by atoms with Crippen molar-refractivity contribution in [2.75, 3.05) is 9.80 Å². The van der Waals surface area contributed by atoms with Gasteiger partial charge in [-0.25, -0.2) is 0 Å². The summed E-state index contributed by atoms with van der Waals surface area (Å²) in [5, 5.41) is 12.7. The van der Waals surface area contributed by atoms with Crippen LogP contribution in [0.25, 0.3) is 117 Å². The van der Waals surface area contributed by atoms with Crippen LogP contribution in [0.5, 0.6) is 0 Å². The van der Waals surface area contributed by atoms with Crippen LogP contribution < -0.4 is 9.80 Å². The average molecular weight is 1170 g/mol. The number of hydrogen-bond acceptors (Lipinski definition) is 4. The summed E-state index contributed by atoms with van der Waals surface area (Å²) in [7, 11) is 0. The first-order valence-corrected chi connectivity index (χ1v) is 32.3. The Morgan fingerprint density at radius 2 is 0.674 bits per heavy atom. The molecule has 2 aliphatic rings. The first kappa shape index (κ1) is 50.3. The van der Waals surface area contributed by atoms with Crippen LogP contribution in [0.1, 0.15) is 22.3 Å². The lowest BCUT2D eigenvalue weighted by atomic mass is 9.68. The maximum absolute atomic E-state index is 2.60. The van der Waals surface area contributed by atoms with Gasteiger partial charge in [-0.1, -0.05) is 231 Å². The summed E-state index contributed by atoms with van der Waals surface area (Å²) in [4.78, 5) is 4.91. The molecule has 0 bridgehead atoms. The summed E-state index contributed by atoms with van der Waals surface area (Å²) in [6, 6.07) is 118. The van der Waals surface area contributed by atoms with Crippen LogP contribution in [0, 0.1) is 0 Å². The van der Waals surface area contributed by atoms with E-state index >= 15 is 0 Å². The minimum Gasteiger partial charge on any atom is -0.309 e. The van der Waals surface area contributed by atoms with Gasteiger partial charge in [-0.2, -0.15) is 0 Å². The average Bonchev–Trinajstić information content (AvgIpc) is 1.49. The molecule has 2 aromatic heterocycles. The highest BCUT2D eigenvalue weighted by Crippen LogP contribution is 2.67. The normalized spacial score (nSPS) is 12.8. The molecule has 0 fully saturated rings. The minimum absolute atomic E-state index is 0.658. The first-order chi connectivity index (χ1) is 44.2. The van der Waals surface area contributed by atoms with E-state index in [4.69, 9.17) is 0 Å². The van der Waals surface area contributed by atoms with Gasteiger partial charge in [0.1, 0.15) is 0 Å². The Labute approximate surface area is 523 Å². The molecule has 0 atom stereocenters. The van der Waals surface area contributed by atoms with E-state index in [1.54, 1.807) is 0 Å². The second-order valence-corrected chi connectivity index (χ2v) is 25.8. The van der Waals surface area contributed by atoms with E-state index in [1.165, 1.54) is 145 Å². The van der Waals surface area contributed by atoms with Crippen LogP contribution in [-0.4, -0.2) is 0 Å². The fraction of sp³-hybridized carbons (Fsp3) is 0.0118. The van der Waals surface area contributed by atoms with E-state index in [2.05, 4.69) is 325 Å². The van der Waals surface area contributed by atoms with Gasteiger partial charge in [0.25, 0.3) is 0 Å². The van der Waals surface area contributed by atoms with Gasteiger partial charge < -0.3 is 9.80 Å². The summed E-state index contributed by atoms with van der Waals surface area (Å²) in [6.07, 6.45) is 0. The summed E-state index contributed by atoms with van der Waals surface area (Å²) < 4.78 is 5.14. The lowest BCUT2D eigenvalue weighted by Gasteiger charge is -2.32. The number of rotatable bonds is 8. The Kier molecular flexibility index (Phi) is 11.1. The number of benzene rings is 15. The molecule has 2 aliphatic carbocycles. The summed E-state index contributed by atoms with van der Waals surface area (Å²) in [6.45, 7) is 0. The highest BCUT2D eigenvalue weighted by atomic mass is 32.1. The highest BCUT2D eigenvalue weighted by molar-refractivity contribution is 7.26. The molecule has 2 heterocycles. The molecule has 17 aromatic rings. The number of hydrogen-bond donors (Lipinski definition) is 0. The molecule has 414 valence electrons. The topological polar surface area (TPSA) is 6.48 Å². The molecular formula is C85H52N2S2. The standard InChI is InChI=1S/C85H52N2S2/c1-3-25-56(26-4-1)86(76-43-21-39-69-64-35-13-17-45-78(64)88-83(69)76)58-29-19-23-53(49-58)54-47-48-68-72(51-54)61-32-8-10-38-67(61)81-80-66-37-9-7-31-60(66)71(52-75(80)85(82(68)81)73-41-15-11-33-62(73)63-34-12-16-42-74(63)85)55-24-20-30-59(50-55)87(57-27-5-2-6-28-57)77-44-22-40-70-65-36-14-18-46-79(65)89-84(70)77/h1-52H. The zero-order valence-electron chi connectivity index (χ0n) is 48.2. The quantitative estimate of drug-likeness (QED) is 0.140. The molecule has 0 N–H and O–H groups in total. The molecular weight excluding hydrogens is 1110 g/mol. The van der Waals surface area contributed by atoms with E-state index in [1.807, 2.05) is 22.7 Å². The second kappa shape index (κ2) is 19.6. The third-order valence-electron chi connectivity index (χ3n) is 19.2. The number of fused-ring (bicyclic) bond motifs is 23. The van der Waals surface area contributed by atoms with Crippen LogP contribution in [0.15, 0.2) is 315 Å². The summed E-state index contributed by atoms with van der Waals surface area (Å²) in [5.74, 6) is 0. The molecule has 0 amide bonds. The van der Waals surface area contributed by atoms with E-state index in [-0.39, 0.29) is 0 Å². The molecule has 0 aliphatic heterocycles. The lowest BCUT2D eigenvalue weighted by Crippen LogP contribution is -2.26. The van der Waals surface area contributed by atoms with Crippen LogP contribution in [0.2, 0.25) is 0 Å². The van der Waals surface area contributed by atoms with Gasteiger partial charge in [-0.15, -0.1) is 22.7 Å². The lowest BCUT2D eigenvalue weighted by molar-refractivity contribution is 0.803. The molecule has 0 unspecified atom stereocenters. The SMILES string of the molecule is c1ccc(N(c2cccc(-c3ccc4c5c(c6ccccc6c4c3)-c3c(cc(-c4cccc(N(c6ccccc6)c6cccc7c6sc6ccccc67)c4)c4ccccc34)C53c4ccccc4-c4ccccc43)c2)c2cccc3c2sc2ccccc23)cc1. The van der Waals surface area contributed by atoms with Crippen molar-refractivity contribution in [2.24, 2.45) is 0 Å². The van der Waals surface area contributed by atoms with Gasteiger partial charge >= 0.3 is 0 Å². The first-order valence-electron chi connectivity index (χ1n) is 30.6. The molecule has 0 saturated heterocycles. The summed E-state index contributed by atoms with van der Waals surface area (Å²) >= 11 is 3.74. The minimum atomic E-state index is -0.658. The molecule has 0 radical (unpaired) electrons. The fourth-order valence-electron chi connectivity index (χ4n) is 15.6. The van der Waals surface area contributed by atoms with Crippen molar-refractivity contribution in [2.45, 2.75) is 5.41 Å². The highest BCUT2D eigenvalue weighted by Gasteiger charge is 2.54. The van der Waals surface area contributed by atoms with Crippen molar-refractivity contribution in [1.82, 2.24) is 0 Å². The Morgan fingerprint density at radius 1 is 0.236 bits per heavy atom. The maximum Gasteiger partial charge on any atom is 0.0732 e. The van der Waals surface area contributed by atoms with Crippen LogP contribution >= 0.6 is 22.7 Å². The van der Waals surface area contributed by atoms with Gasteiger partial charge in [0.05, 0.1) is 26.2 Å². The van der Waals surface area contributed by atoms with Crippen molar-refractivity contribution in [3.05, 3.63) is 338 Å². The Morgan fingerprint density at radius 3 is 1.27 bits per heavy atom. The number of anilines is 6. The van der Waals surface area contributed by atoms with Gasteiger partial charge in [0.2, 0.25) is 0 Å². The van der Waals surface area contributed by atoms with Crippen LogP contribution in [0.3, 0.4) is 0 Å². The van der Waals surface area contributed by atoms with E-state index in [9.17, 15) is 0 Å². The largest absolute Gasteiger partial charge is 0.309 e. The monoisotopic (exact) mass is 1160 g/mol. The molecule has 1 spiro atoms. The molecule has 4 heteroatoms. The third kappa shape index (κ3) is 7.30. The van der Waals surface area contributed by atoms with E-state index in [0.29, 0.717) is 0 Å². The predicted molar refractivity (Wildman–Crippen MR) is 381 cm³/mol. The maximum atomic E-state index is 2.60. The van der Waals surface area contributed by atoms with E-state index in [0.717, 1.165) is 28.3 Å². The van der Waals surface area contributed by atoms with Gasteiger partial charge in [-0.3, -0.25) is 0 Å². The smallest absolute Gasteiger partial charge is 0.0732 e. The number of thiophene rings is 2. The van der Waals surface area contributed by atoms with Crippen molar-refractivity contribution < 1.29 is 0 Å². The molecule has 89 heavy (non-hydrogen) atoms. The molecule has 0 saturated carbocycles. The molecule has 19 rings (SSSR count). The zero-order valence-corrected chi connectivity index (χ0v) is 49.9. The van der Waals surface area contributed by atoms with Crippen LogP contribution in [0.4, 0.5) is 34.1 Å². The van der Waals surface area contributed by atoms with E-state index < -0.39 is 5.41 Å². The zero-order chi connectivity index (χ0) is 58.3. The third-order valence-corrected chi connectivity index (χ3v) is 21.6. The van der Waals surface area contributed by atoms with Gasteiger partial charge in [-0.05, 0) is 184 Å². The Bertz CT molecular complexity index is 5730. The van der Waals surface area contributed by atoms with Crippen molar-refractivity contribution in [1.29, 1.82) is 0 Å². The molecule has 15 aromatic carbocycles. The van der Waals surface area contributed by atoms with Crippen molar-refractivity contribution in [3.8, 4) is 44.5 Å². The van der Waals surface area contributed by atoms with Gasteiger partial charge in [0.15, 0.2) is 0 Å². The summed E-state index contributed by atoms with van der Waals surface area (Å²) in [5.41, 5.74) is 21.4. The Balaban J connectivity index is 0.839. The predicted octanol–water partition coefficient (Wildman–Crippen LogP) is 24.5.